The molecular formula is C15H12OS2. The lowest BCUT2D eigenvalue weighted by molar-refractivity contribution is -0.111. The van der Waals surface area contributed by atoms with Crippen molar-refractivity contribution in [2.24, 2.45) is 0 Å². The summed E-state index contributed by atoms with van der Waals surface area (Å²) >= 11 is 3.33. The van der Waals surface area contributed by atoms with Gasteiger partial charge in [0.05, 0.1) is 0 Å². The van der Waals surface area contributed by atoms with Crippen LogP contribution >= 0.6 is 22.7 Å². The number of ketones is 1. The number of Topliss-reactive ketones (excluding diaryl/α,β-unsaturated/α-hetero) is 1. The van der Waals surface area contributed by atoms with E-state index in [0.717, 1.165) is 34.4 Å². The molecule has 0 aromatic carbocycles. The molecule has 3 rings (SSSR count). The highest BCUT2D eigenvalue weighted by Crippen LogP contribution is 2.30. The molecule has 1 nitrogen and oxygen atoms in total. The van der Waals surface area contributed by atoms with Gasteiger partial charge in [-0.3, -0.25) is 4.79 Å². The highest BCUT2D eigenvalue weighted by molar-refractivity contribution is 7.10. The Labute approximate surface area is 114 Å². The number of carbonyl (C=O) groups is 1. The smallest absolute Gasteiger partial charge is 0.185 e. The monoisotopic (exact) mass is 272 g/mol. The van der Waals surface area contributed by atoms with E-state index in [1.54, 1.807) is 22.7 Å². The maximum atomic E-state index is 12.2. The van der Waals surface area contributed by atoms with Crippen LogP contribution < -0.4 is 0 Å². The van der Waals surface area contributed by atoms with Gasteiger partial charge >= 0.3 is 0 Å². The number of allylic oxidation sites excluding steroid dienone is 2. The first-order valence-electron chi connectivity index (χ1n) is 5.84. The molecule has 0 spiro atoms. The SMILES string of the molecule is O=C1/C(=C/c2ccsc2)CC/C1=C\c1cccs1. The Bertz CT molecular complexity index is 547. The van der Waals surface area contributed by atoms with Crippen LogP contribution in [-0.4, -0.2) is 5.78 Å². The van der Waals surface area contributed by atoms with Crippen molar-refractivity contribution in [3.8, 4) is 0 Å². The van der Waals surface area contributed by atoms with Gasteiger partial charge in [-0.05, 0) is 58.8 Å². The lowest BCUT2D eigenvalue weighted by Crippen LogP contribution is -1.94. The van der Waals surface area contributed by atoms with Crippen LogP contribution in [0.1, 0.15) is 23.3 Å². The molecule has 0 atom stereocenters. The number of hydrogen-bond acceptors (Lipinski definition) is 3. The summed E-state index contributed by atoms with van der Waals surface area (Å²) in [6.45, 7) is 0. The normalized spacial score (nSPS) is 20.1. The van der Waals surface area contributed by atoms with E-state index in [1.165, 1.54) is 0 Å². The summed E-state index contributed by atoms with van der Waals surface area (Å²) in [6, 6.07) is 6.11. The van der Waals surface area contributed by atoms with Crippen LogP contribution in [0, 0.1) is 0 Å². The average molecular weight is 272 g/mol. The molecule has 2 aromatic heterocycles. The number of hydrogen-bond donors (Lipinski definition) is 0. The third-order valence-electron chi connectivity index (χ3n) is 2.99. The van der Waals surface area contributed by atoms with Crippen molar-refractivity contribution in [3.63, 3.8) is 0 Å². The number of thiophene rings is 2. The molecule has 90 valence electrons. The van der Waals surface area contributed by atoms with Gasteiger partial charge in [0.2, 0.25) is 0 Å². The van der Waals surface area contributed by atoms with Crippen LogP contribution in [0.5, 0.6) is 0 Å². The molecule has 1 saturated carbocycles. The Morgan fingerprint density at radius 1 is 1.06 bits per heavy atom. The zero-order chi connectivity index (χ0) is 12.4. The minimum atomic E-state index is 0.217. The summed E-state index contributed by atoms with van der Waals surface area (Å²) in [4.78, 5) is 13.4. The molecule has 1 fully saturated rings. The molecule has 0 aliphatic heterocycles. The van der Waals surface area contributed by atoms with Gasteiger partial charge in [0, 0.05) is 16.0 Å². The molecule has 0 amide bonds. The van der Waals surface area contributed by atoms with E-state index in [4.69, 9.17) is 0 Å². The van der Waals surface area contributed by atoms with E-state index in [1.807, 2.05) is 41.1 Å². The molecule has 1 aliphatic carbocycles. The topological polar surface area (TPSA) is 17.1 Å². The highest BCUT2D eigenvalue weighted by Gasteiger charge is 2.22. The Morgan fingerprint density at radius 2 is 1.89 bits per heavy atom. The molecule has 1 aliphatic rings. The number of carbonyl (C=O) groups excluding carboxylic acids is 1. The third kappa shape index (κ3) is 2.37. The molecule has 0 bridgehead atoms. The Morgan fingerprint density at radius 3 is 2.56 bits per heavy atom. The van der Waals surface area contributed by atoms with E-state index in [0.29, 0.717) is 0 Å². The largest absolute Gasteiger partial charge is 0.289 e. The van der Waals surface area contributed by atoms with E-state index < -0.39 is 0 Å². The van der Waals surface area contributed by atoms with Gasteiger partial charge < -0.3 is 0 Å². The third-order valence-corrected chi connectivity index (χ3v) is 4.51. The van der Waals surface area contributed by atoms with E-state index >= 15 is 0 Å². The van der Waals surface area contributed by atoms with Crippen LogP contribution in [0.25, 0.3) is 12.2 Å². The van der Waals surface area contributed by atoms with Crippen molar-refractivity contribution in [2.75, 3.05) is 0 Å². The van der Waals surface area contributed by atoms with Crippen molar-refractivity contribution < 1.29 is 4.79 Å². The van der Waals surface area contributed by atoms with E-state index in [-0.39, 0.29) is 5.78 Å². The quantitative estimate of drug-likeness (QED) is 0.728. The van der Waals surface area contributed by atoms with E-state index in [9.17, 15) is 4.79 Å². The van der Waals surface area contributed by atoms with Gasteiger partial charge in [0.1, 0.15) is 0 Å². The molecule has 3 heteroatoms. The summed E-state index contributed by atoms with van der Waals surface area (Å²) in [5.41, 5.74) is 3.02. The second-order valence-corrected chi connectivity index (χ2v) is 6.00. The van der Waals surface area contributed by atoms with Crippen LogP contribution in [0.15, 0.2) is 45.5 Å². The Kier molecular flexibility index (Phi) is 3.26. The molecular weight excluding hydrogens is 260 g/mol. The molecule has 0 radical (unpaired) electrons. The predicted molar refractivity (Wildman–Crippen MR) is 78.8 cm³/mol. The van der Waals surface area contributed by atoms with Crippen molar-refractivity contribution in [3.05, 3.63) is 55.9 Å². The molecule has 18 heavy (non-hydrogen) atoms. The highest BCUT2D eigenvalue weighted by atomic mass is 32.1. The van der Waals surface area contributed by atoms with Gasteiger partial charge in [-0.1, -0.05) is 6.07 Å². The molecule has 0 unspecified atom stereocenters. The summed E-state index contributed by atoms with van der Waals surface area (Å²) in [5, 5.41) is 6.14. The van der Waals surface area contributed by atoms with Crippen molar-refractivity contribution in [2.45, 2.75) is 12.8 Å². The zero-order valence-corrected chi connectivity index (χ0v) is 11.4. The fourth-order valence-electron chi connectivity index (χ4n) is 2.08. The van der Waals surface area contributed by atoms with Crippen molar-refractivity contribution in [1.82, 2.24) is 0 Å². The van der Waals surface area contributed by atoms with Crippen molar-refractivity contribution >= 4 is 40.6 Å². The first-order chi connectivity index (χ1) is 8.83. The summed E-state index contributed by atoms with van der Waals surface area (Å²) in [7, 11) is 0. The Balaban J connectivity index is 1.85. The minimum absolute atomic E-state index is 0.217. The summed E-state index contributed by atoms with van der Waals surface area (Å²) in [6.07, 6.45) is 5.79. The summed E-state index contributed by atoms with van der Waals surface area (Å²) < 4.78 is 0. The van der Waals surface area contributed by atoms with Gasteiger partial charge in [-0.15, -0.1) is 11.3 Å². The van der Waals surface area contributed by atoms with Crippen LogP contribution in [0.2, 0.25) is 0 Å². The fraction of sp³-hybridized carbons (Fsp3) is 0.133. The Hall–Kier alpha value is -1.45. The minimum Gasteiger partial charge on any atom is -0.289 e. The van der Waals surface area contributed by atoms with Crippen molar-refractivity contribution in [1.29, 1.82) is 0 Å². The predicted octanol–water partition coefficient (Wildman–Crippen LogP) is 4.64. The average Bonchev–Trinajstić information content (AvgIpc) is 3.08. The lowest BCUT2D eigenvalue weighted by atomic mass is 10.1. The lowest BCUT2D eigenvalue weighted by Gasteiger charge is -1.94. The second-order valence-electron chi connectivity index (χ2n) is 4.24. The van der Waals surface area contributed by atoms with Gasteiger partial charge in [-0.25, -0.2) is 0 Å². The van der Waals surface area contributed by atoms with Crippen LogP contribution in [0.4, 0.5) is 0 Å². The molecule has 2 aromatic rings. The first kappa shape index (κ1) is 11.6. The molecule has 0 saturated heterocycles. The number of rotatable bonds is 2. The fourth-order valence-corrected chi connectivity index (χ4v) is 3.38. The maximum absolute atomic E-state index is 12.2. The second kappa shape index (κ2) is 5.04. The van der Waals surface area contributed by atoms with Gasteiger partial charge in [-0.2, -0.15) is 11.3 Å². The zero-order valence-electron chi connectivity index (χ0n) is 9.76. The van der Waals surface area contributed by atoms with Gasteiger partial charge in [0.15, 0.2) is 5.78 Å². The molecule has 2 heterocycles. The van der Waals surface area contributed by atoms with E-state index in [2.05, 4.69) is 5.38 Å². The summed E-state index contributed by atoms with van der Waals surface area (Å²) in [5.74, 6) is 0.217. The first-order valence-corrected chi connectivity index (χ1v) is 7.67. The molecule has 0 N–H and O–H groups in total. The van der Waals surface area contributed by atoms with Gasteiger partial charge in [0.25, 0.3) is 0 Å². The van der Waals surface area contributed by atoms with Crippen LogP contribution in [-0.2, 0) is 4.79 Å². The maximum Gasteiger partial charge on any atom is 0.185 e. The standard InChI is InChI=1S/C15H12OS2/c16-15-12(8-11-5-7-17-10-11)3-4-13(15)9-14-2-1-6-18-14/h1-2,5-10H,3-4H2/b12-8+,13-9+. The van der Waals surface area contributed by atoms with Crippen LogP contribution in [0.3, 0.4) is 0 Å².